The Bertz CT molecular complexity index is 689. The molecule has 5 nitrogen and oxygen atoms in total. The number of rotatable bonds is 4. The maximum absolute atomic E-state index is 12.0. The highest BCUT2D eigenvalue weighted by Crippen LogP contribution is 2.22. The van der Waals surface area contributed by atoms with E-state index < -0.39 is 10.0 Å². The van der Waals surface area contributed by atoms with Crippen molar-refractivity contribution in [1.29, 1.82) is 0 Å². The summed E-state index contributed by atoms with van der Waals surface area (Å²) in [5.74, 6) is -0.132. The van der Waals surface area contributed by atoms with Crippen LogP contribution in [0, 0.1) is 0 Å². The topological polar surface area (TPSA) is 85.1 Å². The van der Waals surface area contributed by atoms with Crippen LogP contribution >= 0.6 is 15.9 Å². The lowest BCUT2D eigenvalue weighted by atomic mass is 10.2. The number of pyridine rings is 1. The SMILES string of the molecule is Nc1cccc(CS(=O)(=O)Nc2ccncc2Br)c1. The Balaban J connectivity index is 2.18. The second-order valence-corrected chi connectivity index (χ2v) is 6.54. The largest absolute Gasteiger partial charge is 0.399 e. The molecule has 0 saturated carbocycles. The number of nitrogens with zero attached hydrogens (tertiary/aromatic N) is 1. The van der Waals surface area contributed by atoms with Gasteiger partial charge in [0.1, 0.15) is 0 Å². The summed E-state index contributed by atoms with van der Waals surface area (Å²) in [6.07, 6.45) is 3.04. The highest BCUT2D eigenvalue weighted by molar-refractivity contribution is 9.10. The van der Waals surface area contributed by atoms with Gasteiger partial charge in [-0.2, -0.15) is 0 Å². The summed E-state index contributed by atoms with van der Waals surface area (Å²) >= 11 is 3.24. The van der Waals surface area contributed by atoms with Crippen LogP contribution in [0.15, 0.2) is 47.2 Å². The Morgan fingerprint density at radius 1 is 1.32 bits per heavy atom. The van der Waals surface area contributed by atoms with Crippen LogP contribution in [0.5, 0.6) is 0 Å². The molecule has 0 fully saturated rings. The van der Waals surface area contributed by atoms with Crippen LogP contribution in [0.1, 0.15) is 5.56 Å². The number of nitrogens with one attached hydrogen (secondary N) is 1. The molecule has 0 aliphatic rings. The van der Waals surface area contributed by atoms with Crippen molar-refractivity contribution < 1.29 is 8.42 Å². The number of aromatic nitrogens is 1. The van der Waals surface area contributed by atoms with E-state index in [-0.39, 0.29) is 5.75 Å². The molecule has 2 rings (SSSR count). The van der Waals surface area contributed by atoms with Crippen LogP contribution in [-0.4, -0.2) is 13.4 Å². The third-order valence-electron chi connectivity index (χ3n) is 2.35. The molecule has 3 N–H and O–H groups in total. The molecule has 0 radical (unpaired) electrons. The molecule has 0 aliphatic carbocycles. The van der Waals surface area contributed by atoms with E-state index in [1.807, 2.05) is 0 Å². The molecule has 1 heterocycles. The summed E-state index contributed by atoms with van der Waals surface area (Å²) in [4.78, 5) is 3.87. The fourth-order valence-corrected chi connectivity index (χ4v) is 3.25. The Kier molecular flexibility index (Phi) is 4.06. The van der Waals surface area contributed by atoms with Crippen LogP contribution in [-0.2, 0) is 15.8 Å². The molecule has 1 aromatic heterocycles. The first-order chi connectivity index (χ1) is 8.96. The first kappa shape index (κ1) is 13.8. The van der Waals surface area contributed by atoms with E-state index in [2.05, 4.69) is 25.6 Å². The summed E-state index contributed by atoms with van der Waals surface area (Å²) in [5.41, 5.74) is 7.26. The molecule has 1 aromatic carbocycles. The van der Waals surface area contributed by atoms with Crippen LogP contribution in [0.25, 0.3) is 0 Å². The van der Waals surface area contributed by atoms with Gasteiger partial charge in [0.25, 0.3) is 0 Å². The van der Waals surface area contributed by atoms with Gasteiger partial charge in [-0.05, 0) is 39.7 Å². The molecule has 0 bridgehead atoms. The zero-order chi connectivity index (χ0) is 13.9. The first-order valence-electron chi connectivity index (χ1n) is 5.41. The molecule has 0 amide bonds. The molecule has 0 aliphatic heterocycles. The van der Waals surface area contributed by atoms with Crippen molar-refractivity contribution in [3.63, 3.8) is 0 Å². The van der Waals surface area contributed by atoms with E-state index in [9.17, 15) is 8.42 Å². The highest BCUT2D eigenvalue weighted by atomic mass is 79.9. The summed E-state index contributed by atoms with van der Waals surface area (Å²) in [7, 11) is -3.49. The smallest absolute Gasteiger partial charge is 0.236 e. The van der Waals surface area contributed by atoms with Gasteiger partial charge < -0.3 is 5.73 Å². The van der Waals surface area contributed by atoms with Crippen LogP contribution in [0.4, 0.5) is 11.4 Å². The van der Waals surface area contributed by atoms with Crippen molar-refractivity contribution in [3.05, 3.63) is 52.8 Å². The van der Waals surface area contributed by atoms with Gasteiger partial charge >= 0.3 is 0 Å². The van der Waals surface area contributed by atoms with E-state index in [1.165, 1.54) is 12.4 Å². The second kappa shape index (κ2) is 5.58. The average Bonchev–Trinajstić information content (AvgIpc) is 2.31. The van der Waals surface area contributed by atoms with Gasteiger partial charge in [-0.15, -0.1) is 0 Å². The van der Waals surface area contributed by atoms with Gasteiger partial charge in [-0.25, -0.2) is 8.42 Å². The maximum atomic E-state index is 12.0. The average molecular weight is 342 g/mol. The van der Waals surface area contributed by atoms with Crippen molar-refractivity contribution in [2.75, 3.05) is 10.5 Å². The lowest BCUT2D eigenvalue weighted by molar-refractivity contribution is 0.600. The summed E-state index contributed by atoms with van der Waals surface area (Å²) in [6.45, 7) is 0. The van der Waals surface area contributed by atoms with E-state index >= 15 is 0 Å². The minimum atomic E-state index is -3.49. The number of nitrogen functional groups attached to an aromatic ring is 1. The van der Waals surface area contributed by atoms with Crippen molar-refractivity contribution in [2.45, 2.75) is 5.75 Å². The van der Waals surface area contributed by atoms with Gasteiger partial charge in [0.2, 0.25) is 10.0 Å². The van der Waals surface area contributed by atoms with Crippen LogP contribution in [0.2, 0.25) is 0 Å². The van der Waals surface area contributed by atoms with Crippen molar-refractivity contribution in [1.82, 2.24) is 4.98 Å². The molecule has 0 atom stereocenters. The van der Waals surface area contributed by atoms with E-state index in [0.29, 0.717) is 21.4 Å². The number of nitrogens with two attached hydrogens (primary N) is 1. The van der Waals surface area contributed by atoms with Crippen molar-refractivity contribution >= 4 is 37.3 Å². The fraction of sp³-hybridized carbons (Fsp3) is 0.0833. The Labute approximate surface area is 120 Å². The van der Waals surface area contributed by atoms with Gasteiger partial charge in [0.05, 0.1) is 15.9 Å². The zero-order valence-electron chi connectivity index (χ0n) is 9.88. The molecule has 2 aromatic rings. The monoisotopic (exact) mass is 341 g/mol. The Hall–Kier alpha value is -1.60. The number of hydrogen-bond donors (Lipinski definition) is 2. The highest BCUT2D eigenvalue weighted by Gasteiger charge is 2.13. The molecule has 0 saturated heterocycles. The van der Waals surface area contributed by atoms with Crippen LogP contribution in [0.3, 0.4) is 0 Å². The summed E-state index contributed by atoms with van der Waals surface area (Å²) in [5, 5.41) is 0. The second-order valence-electron chi connectivity index (χ2n) is 3.96. The summed E-state index contributed by atoms with van der Waals surface area (Å²) in [6, 6.07) is 8.38. The van der Waals surface area contributed by atoms with Gasteiger partial charge in [-0.1, -0.05) is 12.1 Å². The normalized spacial score (nSPS) is 11.2. The molecule has 0 unspecified atom stereocenters. The van der Waals surface area contributed by atoms with Crippen molar-refractivity contribution in [2.24, 2.45) is 0 Å². The Morgan fingerprint density at radius 2 is 2.11 bits per heavy atom. The number of sulfonamides is 1. The van der Waals surface area contributed by atoms with Crippen LogP contribution < -0.4 is 10.5 Å². The number of halogens is 1. The van der Waals surface area contributed by atoms with Gasteiger partial charge in [0.15, 0.2) is 0 Å². The number of anilines is 2. The fourth-order valence-electron chi connectivity index (χ4n) is 1.56. The van der Waals surface area contributed by atoms with E-state index in [0.717, 1.165) is 0 Å². The lowest BCUT2D eigenvalue weighted by Crippen LogP contribution is -2.15. The number of hydrogen-bond acceptors (Lipinski definition) is 4. The first-order valence-corrected chi connectivity index (χ1v) is 7.85. The van der Waals surface area contributed by atoms with E-state index in [1.54, 1.807) is 30.3 Å². The third kappa shape index (κ3) is 3.93. The third-order valence-corrected chi connectivity index (χ3v) is 4.22. The Morgan fingerprint density at radius 3 is 2.79 bits per heavy atom. The maximum Gasteiger partial charge on any atom is 0.236 e. The number of benzene rings is 1. The lowest BCUT2D eigenvalue weighted by Gasteiger charge is -2.09. The predicted octanol–water partition coefficient (Wildman–Crippen LogP) is 2.37. The quantitative estimate of drug-likeness (QED) is 0.836. The predicted molar refractivity (Wildman–Crippen MR) is 79.0 cm³/mol. The zero-order valence-corrected chi connectivity index (χ0v) is 12.3. The molecular formula is C12H12BrN3O2S. The van der Waals surface area contributed by atoms with Gasteiger partial charge in [-0.3, -0.25) is 9.71 Å². The molecular weight excluding hydrogens is 330 g/mol. The molecule has 19 heavy (non-hydrogen) atoms. The minimum Gasteiger partial charge on any atom is -0.399 e. The van der Waals surface area contributed by atoms with Crippen molar-refractivity contribution in [3.8, 4) is 0 Å². The molecule has 0 spiro atoms. The standard InChI is InChI=1S/C12H12BrN3O2S/c13-11-7-15-5-4-12(11)16-19(17,18)8-9-2-1-3-10(14)6-9/h1-7H,8,14H2,(H,15,16). The molecule has 7 heteroatoms. The minimum absolute atomic E-state index is 0.132. The van der Waals surface area contributed by atoms with Gasteiger partial charge in [0, 0.05) is 18.1 Å². The molecule has 100 valence electrons. The van der Waals surface area contributed by atoms with E-state index in [4.69, 9.17) is 5.73 Å². The summed E-state index contributed by atoms with van der Waals surface area (Å²) < 4.78 is 27.2.